The minimum Gasteiger partial charge on any atom is -0.494 e. The van der Waals surface area contributed by atoms with Crippen molar-refractivity contribution < 1.29 is 23.5 Å². The number of carbonyl (C=O) groups excluding carboxylic acids is 2. The van der Waals surface area contributed by atoms with E-state index in [1.54, 1.807) is 47.4 Å². The van der Waals surface area contributed by atoms with Crippen LogP contribution in [0.15, 0.2) is 51.7 Å². The highest BCUT2D eigenvalue weighted by Crippen LogP contribution is 2.38. The van der Waals surface area contributed by atoms with E-state index in [-0.39, 0.29) is 17.1 Å². The fourth-order valence-corrected chi connectivity index (χ4v) is 4.76. The van der Waals surface area contributed by atoms with Crippen molar-refractivity contribution in [1.82, 2.24) is 9.80 Å². The monoisotopic (exact) mass is 492 g/mol. The van der Waals surface area contributed by atoms with Crippen molar-refractivity contribution in [3.05, 3.63) is 75.1 Å². The second kappa shape index (κ2) is 11.0. The molecule has 1 aliphatic rings. The average Bonchev–Trinajstić information content (AvgIpc) is 3.18. The molecule has 1 aromatic heterocycles. The molecule has 1 unspecified atom stereocenters. The summed E-state index contributed by atoms with van der Waals surface area (Å²) in [6.07, 6.45) is 0.750. The van der Waals surface area contributed by atoms with Crippen molar-refractivity contribution in [3.8, 4) is 5.75 Å². The molecule has 190 valence electrons. The fourth-order valence-electron chi connectivity index (χ4n) is 4.76. The van der Waals surface area contributed by atoms with Crippen molar-refractivity contribution in [3.63, 3.8) is 0 Å². The van der Waals surface area contributed by atoms with Gasteiger partial charge in [0.05, 0.1) is 36.3 Å². The normalized spacial score (nSPS) is 15.0. The van der Waals surface area contributed by atoms with E-state index in [0.717, 1.165) is 31.6 Å². The number of hydrogen-bond acceptors (Lipinski definition) is 7. The number of carbonyl (C=O) groups is 2. The second-order valence-electron chi connectivity index (χ2n) is 8.66. The summed E-state index contributed by atoms with van der Waals surface area (Å²) in [6.45, 7) is 9.72. The zero-order valence-electron chi connectivity index (χ0n) is 21.2. The second-order valence-corrected chi connectivity index (χ2v) is 8.66. The molecular formula is C28H32N2O6. The Kier molecular flexibility index (Phi) is 7.74. The van der Waals surface area contributed by atoms with E-state index in [1.807, 2.05) is 6.92 Å². The molecule has 0 saturated heterocycles. The molecule has 0 radical (unpaired) electrons. The lowest BCUT2D eigenvalue weighted by molar-refractivity contribution is 0.0599. The molecule has 0 N–H and O–H groups in total. The predicted octanol–water partition coefficient (Wildman–Crippen LogP) is 4.26. The number of nitrogens with zero attached hydrogens (tertiary/aromatic N) is 2. The fraction of sp³-hybridized carbons (Fsp3) is 0.393. The molecule has 3 aromatic rings. The van der Waals surface area contributed by atoms with Crippen LogP contribution < -0.4 is 10.2 Å². The smallest absolute Gasteiger partial charge is 0.337 e. The maximum Gasteiger partial charge on any atom is 0.337 e. The molecule has 0 fully saturated rings. The molecule has 0 bridgehead atoms. The molecule has 36 heavy (non-hydrogen) atoms. The number of fused-ring (bicyclic) bond motifs is 2. The van der Waals surface area contributed by atoms with Crippen LogP contribution in [0, 0.1) is 0 Å². The lowest BCUT2D eigenvalue weighted by Gasteiger charge is -2.26. The minimum atomic E-state index is -0.608. The maximum atomic E-state index is 13.7. The SMILES string of the molecule is CCOc1ccc2c(=O)c3c(oc2c1)C(=O)N(CCCN(CC)CC)C3c1ccc(C(=O)OC)cc1. The predicted molar refractivity (Wildman–Crippen MR) is 137 cm³/mol. The first-order valence-corrected chi connectivity index (χ1v) is 12.4. The molecule has 2 heterocycles. The molecule has 8 nitrogen and oxygen atoms in total. The van der Waals surface area contributed by atoms with E-state index >= 15 is 0 Å². The third-order valence-corrected chi connectivity index (χ3v) is 6.67. The van der Waals surface area contributed by atoms with Crippen molar-refractivity contribution in [1.29, 1.82) is 0 Å². The summed E-state index contributed by atoms with van der Waals surface area (Å²) in [5.41, 5.74) is 1.53. The van der Waals surface area contributed by atoms with Gasteiger partial charge in [0.15, 0.2) is 5.43 Å². The summed E-state index contributed by atoms with van der Waals surface area (Å²) in [4.78, 5) is 43.2. The zero-order valence-corrected chi connectivity index (χ0v) is 21.2. The van der Waals surface area contributed by atoms with E-state index in [9.17, 15) is 14.4 Å². The van der Waals surface area contributed by atoms with Crippen molar-refractivity contribution in [2.75, 3.05) is 39.9 Å². The zero-order chi connectivity index (χ0) is 25.8. The topological polar surface area (TPSA) is 89.3 Å². The Morgan fingerprint density at radius 3 is 2.42 bits per heavy atom. The van der Waals surface area contributed by atoms with Gasteiger partial charge in [0, 0.05) is 12.6 Å². The number of rotatable bonds is 10. The third-order valence-electron chi connectivity index (χ3n) is 6.67. The maximum absolute atomic E-state index is 13.7. The van der Waals surface area contributed by atoms with Gasteiger partial charge in [-0.15, -0.1) is 0 Å². The molecule has 1 atom stereocenters. The molecule has 1 aliphatic heterocycles. The highest BCUT2D eigenvalue weighted by molar-refractivity contribution is 5.99. The number of ether oxygens (including phenoxy) is 2. The first-order chi connectivity index (χ1) is 17.4. The Bertz CT molecular complexity index is 1310. The van der Waals surface area contributed by atoms with Crippen LogP contribution in [0.1, 0.15) is 65.3 Å². The van der Waals surface area contributed by atoms with E-state index < -0.39 is 12.0 Å². The first kappa shape index (κ1) is 25.4. The summed E-state index contributed by atoms with van der Waals surface area (Å²) in [7, 11) is 1.33. The molecule has 4 rings (SSSR count). The van der Waals surface area contributed by atoms with E-state index in [1.165, 1.54) is 7.11 Å². The molecule has 0 aliphatic carbocycles. The van der Waals surface area contributed by atoms with Crippen LogP contribution in [-0.4, -0.2) is 61.6 Å². The van der Waals surface area contributed by atoms with Crippen LogP contribution in [0.2, 0.25) is 0 Å². The van der Waals surface area contributed by atoms with Crippen molar-refractivity contribution >= 4 is 22.8 Å². The summed E-state index contributed by atoms with van der Waals surface area (Å²) >= 11 is 0. The highest BCUT2D eigenvalue weighted by Gasteiger charge is 2.42. The van der Waals surface area contributed by atoms with Gasteiger partial charge in [-0.3, -0.25) is 9.59 Å². The van der Waals surface area contributed by atoms with Crippen LogP contribution in [0.4, 0.5) is 0 Å². The van der Waals surface area contributed by atoms with Crippen LogP contribution >= 0.6 is 0 Å². The molecule has 2 aromatic carbocycles. The lowest BCUT2D eigenvalue weighted by Crippen LogP contribution is -2.33. The summed E-state index contributed by atoms with van der Waals surface area (Å²) in [5.74, 6) is -0.126. The average molecular weight is 493 g/mol. The Hall–Kier alpha value is -3.65. The first-order valence-electron chi connectivity index (χ1n) is 12.4. The van der Waals surface area contributed by atoms with Gasteiger partial charge in [0.1, 0.15) is 11.3 Å². The molecule has 1 amide bonds. The van der Waals surface area contributed by atoms with E-state index in [4.69, 9.17) is 13.9 Å². The van der Waals surface area contributed by atoms with Gasteiger partial charge in [-0.2, -0.15) is 0 Å². The summed E-state index contributed by atoms with van der Waals surface area (Å²) in [6, 6.07) is 11.3. The third kappa shape index (κ3) is 4.73. The van der Waals surface area contributed by atoms with Crippen LogP contribution in [0.3, 0.4) is 0 Å². The van der Waals surface area contributed by atoms with E-state index in [0.29, 0.717) is 41.0 Å². The van der Waals surface area contributed by atoms with Gasteiger partial charge in [-0.1, -0.05) is 26.0 Å². The van der Waals surface area contributed by atoms with Gasteiger partial charge >= 0.3 is 5.97 Å². The molecule has 8 heteroatoms. The molecular weight excluding hydrogens is 460 g/mol. The largest absolute Gasteiger partial charge is 0.494 e. The van der Waals surface area contributed by atoms with Crippen LogP contribution in [0.25, 0.3) is 11.0 Å². The summed E-state index contributed by atoms with van der Waals surface area (Å²) < 4.78 is 16.4. The highest BCUT2D eigenvalue weighted by atomic mass is 16.5. The van der Waals surface area contributed by atoms with Crippen molar-refractivity contribution in [2.45, 2.75) is 33.2 Å². The van der Waals surface area contributed by atoms with Gasteiger partial charge in [0.2, 0.25) is 5.76 Å². The molecule has 0 saturated carbocycles. The number of methoxy groups -OCH3 is 1. The van der Waals surface area contributed by atoms with Crippen molar-refractivity contribution in [2.24, 2.45) is 0 Å². The standard InChI is InChI=1S/C28H32N2O6/c1-5-29(6-2)15-8-16-30-24(18-9-11-19(12-10-18)28(33)34-4)23-25(31)21-14-13-20(35-7-3)17-22(21)36-26(23)27(30)32/h9-14,17,24H,5-8,15-16H2,1-4H3. The quantitative estimate of drug-likeness (QED) is 0.391. The number of amides is 1. The number of esters is 1. The van der Waals surface area contributed by atoms with Crippen LogP contribution in [-0.2, 0) is 4.74 Å². The Morgan fingerprint density at radius 1 is 1.06 bits per heavy atom. The van der Waals surface area contributed by atoms with Crippen LogP contribution in [0.5, 0.6) is 5.75 Å². The Balaban J connectivity index is 1.79. The number of hydrogen-bond donors (Lipinski definition) is 0. The van der Waals surface area contributed by atoms with E-state index in [2.05, 4.69) is 18.7 Å². The Morgan fingerprint density at radius 2 is 1.78 bits per heavy atom. The summed E-state index contributed by atoms with van der Waals surface area (Å²) in [5, 5.41) is 0.395. The van der Waals surface area contributed by atoms with Gasteiger partial charge in [-0.25, -0.2) is 4.79 Å². The Labute approximate surface area is 210 Å². The minimum absolute atomic E-state index is 0.0611. The number of benzene rings is 2. The van der Waals surface area contributed by atoms with Gasteiger partial charge < -0.3 is 23.7 Å². The van der Waals surface area contributed by atoms with Gasteiger partial charge in [0.25, 0.3) is 5.91 Å². The lowest BCUT2D eigenvalue weighted by atomic mass is 9.97. The molecule has 0 spiro atoms. The van der Waals surface area contributed by atoms with Gasteiger partial charge in [-0.05, 0) is 62.8 Å².